The van der Waals surface area contributed by atoms with Crippen LogP contribution in [0.25, 0.3) is 0 Å². The SMILES string of the molecule is CC(C)(O)CCCC1=CCC(/C=[N+](/[O-])C2CCCCC2)CC1. The van der Waals surface area contributed by atoms with Crippen LogP contribution in [0.1, 0.15) is 84.5 Å². The van der Waals surface area contributed by atoms with Crippen LogP contribution >= 0.6 is 0 Å². The molecule has 1 atom stereocenters. The third-order valence-corrected chi connectivity index (χ3v) is 5.12. The van der Waals surface area contributed by atoms with Crippen LogP contribution in [0.2, 0.25) is 0 Å². The molecule has 0 aromatic carbocycles. The summed E-state index contributed by atoms with van der Waals surface area (Å²) in [5, 5.41) is 22.0. The minimum atomic E-state index is -0.547. The lowest BCUT2D eigenvalue weighted by Gasteiger charge is -2.24. The Balaban J connectivity index is 1.75. The van der Waals surface area contributed by atoms with Gasteiger partial charge < -0.3 is 10.3 Å². The molecule has 0 aromatic heterocycles. The van der Waals surface area contributed by atoms with Gasteiger partial charge in [0.1, 0.15) is 0 Å². The third-order valence-electron chi connectivity index (χ3n) is 5.12. The number of hydrogen-bond donors (Lipinski definition) is 1. The maximum atomic E-state index is 12.2. The molecule has 0 spiro atoms. The van der Waals surface area contributed by atoms with E-state index in [2.05, 4.69) is 6.08 Å². The molecule has 2 aliphatic rings. The predicted octanol–water partition coefficient (Wildman–Crippen LogP) is 4.57. The molecule has 126 valence electrons. The maximum absolute atomic E-state index is 12.2. The van der Waals surface area contributed by atoms with Gasteiger partial charge in [-0.25, -0.2) is 4.74 Å². The van der Waals surface area contributed by atoms with Gasteiger partial charge in [0.05, 0.1) is 5.60 Å². The number of nitrogens with zero attached hydrogens (tertiary/aromatic N) is 1. The van der Waals surface area contributed by atoms with E-state index in [1.807, 2.05) is 20.1 Å². The molecule has 0 bridgehead atoms. The molecule has 0 saturated heterocycles. The highest BCUT2D eigenvalue weighted by molar-refractivity contribution is 5.56. The predicted molar refractivity (Wildman–Crippen MR) is 92.1 cm³/mol. The summed E-state index contributed by atoms with van der Waals surface area (Å²) in [6, 6.07) is 0.242. The van der Waals surface area contributed by atoms with Gasteiger partial charge in [-0.05, 0) is 65.2 Å². The molecule has 1 N–H and O–H groups in total. The van der Waals surface area contributed by atoms with Gasteiger partial charge in [-0.2, -0.15) is 0 Å². The molecule has 1 fully saturated rings. The van der Waals surface area contributed by atoms with E-state index in [-0.39, 0.29) is 6.04 Å². The molecule has 0 heterocycles. The average molecular weight is 307 g/mol. The van der Waals surface area contributed by atoms with E-state index >= 15 is 0 Å². The molecule has 0 aromatic rings. The minimum Gasteiger partial charge on any atom is -0.624 e. The minimum absolute atomic E-state index is 0.242. The summed E-state index contributed by atoms with van der Waals surface area (Å²) in [7, 11) is 0. The van der Waals surface area contributed by atoms with Crippen molar-refractivity contribution in [3.05, 3.63) is 16.9 Å². The standard InChI is InChI=1S/C19H33NO2/c1-19(2,21)14-6-7-16-10-12-17(13-11-16)15-20(22)18-8-4-3-5-9-18/h10,15,17-18,21H,3-9,11-14H2,1-2H3/b20-15+. The Kier molecular flexibility index (Phi) is 6.49. The Bertz CT molecular complexity index is 400. The highest BCUT2D eigenvalue weighted by Gasteiger charge is 2.22. The number of hydroxylamine groups is 1. The van der Waals surface area contributed by atoms with Crippen LogP contribution in [-0.4, -0.2) is 27.7 Å². The third kappa shape index (κ3) is 6.12. The first-order chi connectivity index (χ1) is 10.4. The van der Waals surface area contributed by atoms with Gasteiger partial charge in [0.25, 0.3) is 0 Å². The zero-order valence-corrected chi connectivity index (χ0v) is 14.4. The fourth-order valence-electron chi connectivity index (χ4n) is 3.68. The topological polar surface area (TPSA) is 46.3 Å². The Morgan fingerprint density at radius 2 is 2.00 bits per heavy atom. The van der Waals surface area contributed by atoms with Gasteiger partial charge in [-0.15, -0.1) is 0 Å². The van der Waals surface area contributed by atoms with E-state index in [9.17, 15) is 10.3 Å². The van der Waals surface area contributed by atoms with Crippen molar-refractivity contribution in [1.29, 1.82) is 0 Å². The number of allylic oxidation sites excluding steroid dienone is 2. The summed E-state index contributed by atoms with van der Waals surface area (Å²) in [6.45, 7) is 3.75. The van der Waals surface area contributed by atoms with Gasteiger partial charge in [0.15, 0.2) is 12.3 Å². The van der Waals surface area contributed by atoms with Crippen molar-refractivity contribution in [3.8, 4) is 0 Å². The van der Waals surface area contributed by atoms with E-state index < -0.39 is 5.60 Å². The second-order valence-electron chi connectivity index (χ2n) is 7.86. The monoisotopic (exact) mass is 307 g/mol. The molecule has 1 unspecified atom stereocenters. The lowest BCUT2D eigenvalue weighted by Crippen LogP contribution is -2.27. The normalized spacial score (nSPS) is 25.1. The van der Waals surface area contributed by atoms with Gasteiger partial charge in [-0.1, -0.05) is 18.1 Å². The highest BCUT2D eigenvalue weighted by atomic mass is 16.5. The molecule has 1 saturated carbocycles. The summed E-state index contributed by atoms with van der Waals surface area (Å²) in [5.41, 5.74) is 0.971. The van der Waals surface area contributed by atoms with Crippen LogP contribution in [0.15, 0.2) is 11.6 Å². The van der Waals surface area contributed by atoms with Gasteiger partial charge in [-0.3, -0.25) is 0 Å². The zero-order valence-electron chi connectivity index (χ0n) is 14.4. The van der Waals surface area contributed by atoms with Gasteiger partial charge >= 0.3 is 0 Å². The first-order valence-corrected chi connectivity index (χ1v) is 9.15. The van der Waals surface area contributed by atoms with Crippen LogP contribution in [0.5, 0.6) is 0 Å². The molecular weight excluding hydrogens is 274 g/mol. The van der Waals surface area contributed by atoms with Crippen LogP contribution in [-0.2, 0) is 0 Å². The van der Waals surface area contributed by atoms with Crippen molar-refractivity contribution < 1.29 is 9.85 Å². The lowest BCUT2D eigenvalue weighted by molar-refractivity contribution is -0.503. The Morgan fingerprint density at radius 3 is 2.59 bits per heavy atom. The Hall–Kier alpha value is -0.830. The molecule has 2 rings (SSSR count). The summed E-state index contributed by atoms with van der Waals surface area (Å²) in [5.74, 6) is 0.428. The van der Waals surface area contributed by atoms with Crippen molar-refractivity contribution in [1.82, 2.24) is 0 Å². The fraction of sp³-hybridized carbons (Fsp3) is 0.842. The van der Waals surface area contributed by atoms with Crippen LogP contribution in [0.3, 0.4) is 0 Å². The highest BCUT2D eigenvalue weighted by Crippen LogP contribution is 2.27. The smallest absolute Gasteiger partial charge is 0.162 e. The summed E-state index contributed by atoms with van der Waals surface area (Å²) < 4.78 is 1.27. The first-order valence-electron chi connectivity index (χ1n) is 9.15. The number of hydrogen-bond acceptors (Lipinski definition) is 2. The quantitative estimate of drug-likeness (QED) is 0.257. The summed E-state index contributed by atoms with van der Waals surface area (Å²) in [6.07, 6.45) is 16.4. The lowest BCUT2D eigenvalue weighted by atomic mass is 9.87. The zero-order chi connectivity index (χ0) is 16.0. The Labute approximate surface area is 135 Å². The van der Waals surface area contributed by atoms with Crippen LogP contribution < -0.4 is 0 Å². The van der Waals surface area contributed by atoms with E-state index in [1.165, 1.54) is 29.6 Å². The molecule has 0 radical (unpaired) electrons. The van der Waals surface area contributed by atoms with Crippen molar-refractivity contribution in [2.24, 2.45) is 5.92 Å². The van der Waals surface area contributed by atoms with Crippen molar-refractivity contribution >= 4 is 6.21 Å². The summed E-state index contributed by atoms with van der Waals surface area (Å²) in [4.78, 5) is 0. The maximum Gasteiger partial charge on any atom is 0.162 e. The van der Waals surface area contributed by atoms with E-state index in [1.54, 1.807) is 0 Å². The number of rotatable bonds is 6. The van der Waals surface area contributed by atoms with Gasteiger partial charge in [0.2, 0.25) is 0 Å². The first kappa shape index (κ1) is 17.5. The Morgan fingerprint density at radius 1 is 1.27 bits per heavy atom. The number of aliphatic hydroxyl groups is 1. The molecule has 3 nitrogen and oxygen atoms in total. The van der Waals surface area contributed by atoms with Crippen molar-refractivity contribution in [2.75, 3.05) is 0 Å². The largest absolute Gasteiger partial charge is 0.624 e. The van der Waals surface area contributed by atoms with Crippen LogP contribution in [0, 0.1) is 11.1 Å². The molecular formula is C19H33NO2. The molecule has 2 aliphatic carbocycles. The van der Waals surface area contributed by atoms with Crippen LogP contribution in [0.4, 0.5) is 0 Å². The van der Waals surface area contributed by atoms with Crippen molar-refractivity contribution in [2.45, 2.75) is 96.1 Å². The average Bonchev–Trinajstić information content (AvgIpc) is 2.49. The van der Waals surface area contributed by atoms with E-state index in [4.69, 9.17) is 0 Å². The summed E-state index contributed by atoms with van der Waals surface area (Å²) >= 11 is 0. The van der Waals surface area contributed by atoms with E-state index in [0.29, 0.717) is 5.92 Å². The molecule has 3 heteroatoms. The van der Waals surface area contributed by atoms with Gasteiger partial charge in [0, 0.05) is 18.8 Å². The van der Waals surface area contributed by atoms with Crippen molar-refractivity contribution in [3.63, 3.8) is 0 Å². The molecule has 0 amide bonds. The van der Waals surface area contributed by atoms with E-state index in [0.717, 1.165) is 51.4 Å². The molecule has 22 heavy (non-hydrogen) atoms. The molecule has 0 aliphatic heterocycles. The fourth-order valence-corrected chi connectivity index (χ4v) is 3.68. The second kappa shape index (κ2) is 8.14. The second-order valence-corrected chi connectivity index (χ2v) is 7.86.